The number of nitrogens with one attached hydrogen (secondary N) is 6. The second-order valence-electron chi connectivity index (χ2n) is 24.8. The highest BCUT2D eigenvalue weighted by molar-refractivity contribution is 6.30. The van der Waals surface area contributed by atoms with Crippen LogP contribution in [0.2, 0.25) is 0 Å². The van der Waals surface area contributed by atoms with Gasteiger partial charge in [-0.05, 0) is 111 Å². The van der Waals surface area contributed by atoms with Crippen LogP contribution in [-0.4, -0.2) is 207 Å². The van der Waals surface area contributed by atoms with Crippen LogP contribution >= 0.6 is 0 Å². The number of nitrogens with two attached hydrogens (primary N) is 6. The Bertz CT molecular complexity index is 6950. The van der Waals surface area contributed by atoms with Gasteiger partial charge in [0.1, 0.15) is 36.1 Å². The average molecular weight is 1670 g/mol. The Hall–Kier alpha value is -16.2. The van der Waals surface area contributed by atoms with Crippen molar-refractivity contribution in [2.75, 3.05) is 34.4 Å². The van der Waals surface area contributed by atoms with Crippen LogP contribution < -0.4 is 66.3 Å². The minimum absolute atomic E-state index is 0.00757. The molecule has 6 fully saturated rings. The van der Waals surface area contributed by atoms with Gasteiger partial charge in [-0.1, -0.05) is 36.3 Å². The first kappa shape index (κ1) is 50.9. The lowest BCUT2D eigenvalue weighted by molar-refractivity contribution is -0.137. The molecule has 6 aromatic rings. The van der Waals surface area contributed by atoms with Crippen LogP contribution in [0.25, 0.3) is 0 Å². The van der Waals surface area contributed by atoms with Crippen LogP contribution in [0, 0.1) is 0 Å². The molecule has 18 N–H and O–H groups in total. The predicted molar refractivity (Wildman–Crippen MR) is 405 cm³/mol. The Kier molecular flexibility index (Phi) is 13.7. The topological polar surface area (TPSA) is 657 Å². The van der Waals surface area contributed by atoms with E-state index in [0.717, 1.165) is 0 Å². The molecule has 12 heterocycles. The number of carbonyl (C=O) groups is 24. The van der Waals surface area contributed by atoms with Crippen molar-refractivity contribution >= 4 is 176 Å². The quantitative estimate of drug-likeness (QED) is 0.0635. The standard InChI is InChI=1S/6C13H11N3O4/c6*14-7-3-1-2-6-10(7)13(20)16(12(6)19)8-4-5-9(17)15-11(8)18/h6*1-3,8H,4-5,14H2,(H,15,17,18)/t4*8-;;/m1100../s1/i1D,2D,3D,8D;4D2,5D2,8D;1D,2D,3D,8D;4D2,5D2,8D;1D,2D,3D,4D2,5D2,8D;4D2,5D2,8D. The van der Waals surface area contributed by atoms with E-state index in [1.807, 2.05) is 10.6 Å². The van der Waals surface area contributed by atoms with E-state index in [-0.39, 0.29) is 82.9 Å². The number of anilines is 6. The van der Waals surface area contributed by atoms with E-state index in [2.05, 4.69) is 0 Å². The maximum absolute atomic E-state index is 12.8. The van der Waals surface area contributed by atoms with Crippen LogP contribution in [0.4, 0.5) is 34.1 Å². The van der Waals surface area contributed by atoms with E-state index >= 15 is 0 Å². The van der Waals surface area contributed by atoms with E-state index in [1.54, 1.807) is 0 Å². The minimum Gasteiger partial charge on any atom is -0.398 e. The number of amides is 24. The first-order valence-corrected chi connectivity index (χ1v) is 33.3. The molecule has 0 bridgehead atoms. The molecule has 42 nitrogen and oxygen atoms in total. The van der Waals surface area contributed by atoms with Gasteiger partial charge in [-0.3, -0.25) is 176 Å². The highest BCUT2D eigenvalue weighted by Crippen LogP contribution is 2.38. The number of nitrogens with zero attached hydrogens (tertiary/aromatic N) is 6. The van der Waals surface area contributed by atoms with Crippen molar-refractivity contribution in [3.8, 4) is 0 Å². The van der Waals surface area contributed by atoms with E-state index < -0.39 is 347 Å². The van der Waals surface area contributed by atoms with Crippen molar-refractivity contribution in [2.45, 2.75) is 113 Å². The Morgan fingerprint density at radius 3 is 0.683 bits per heavy atom. The van der Waals surface area contributed by atoms with E-state index in [4.69, 9.17) is 76.9 Å². The summed E-state index contributed by atoms with van der Waals surface area (Å²) in [5, 5.41) is 9.79. The average Bonchev–Trinajstić information content (AvgIpc) is 1.56. The fraction of sp³-hybridized carbons (Fsp3) is 0.231. The molecule has 0 spiro atoms. The van der Waals surface area contributed by atoms with Gasteiger partial charge in [0.25, 0.3) is 70.9 Å². The molecule has 6 saturated heterocycles. The van der Waals surface area contributed by atoms with Crippen molar-refractivity contribution in [3.63, 3.8) is 0 Å². The van der Waals surface area contributed by atoms with Crippen molar-refractivity contribution in [2.24, 2.45) is 0 Å². The zero-order valence-electron chi connectivity index (χ0n) is 90.5. The van der Waals surface area contributed by atoms with E-state index in [9.17, 15) is 115 Å². The van der Waals surface area contributed by atoms with Crippen LogP contribution in [0.1, 0.15) is 243 Å². The summed E-state index contributed by atoms with van der Waals surface area (Å²) in [6, 6.07) is -12.9. The van der Waals surface area contributed by atoms with Gasteiger partial charge in [0.15, 0.2) is 0 Å². The van der Waals surface area contributed by atoms with Crippen molar-refractivity contribution in [3.05, 3.63) is 176 Å². The molecule has 12 aliphatic heterocycles. The van der Waals surface area contributed by atoms with Gasteiger partial charge in [0, 0.05) is 94.4 Å². The Morgan fingerprint density at radius 1 is 0.258 bits per heavy atom. The SMILES string of the molecule is [2H]C1([2H])C(=O)NC(=O)C([2H])(N2C(=O)c3cccc(N)c3C2=O)C1([2H])[2H].[2H]C1([2H])C(=O)NC(=O)[C@@]([2H])(N2C(=O)c3cccc(N)c3C2=O)C1([2H])[2H].[2H]C1([2H])C(=O)NC(=O)[C@]([2H])(N2C(=O)c3cccc(N)c3C2=O)C1([2H])[2H].[2H]c1c([2H])c(N)c2c(c1[2H])C(=O)N(C1([2H])C(=O)NC(=O)C([2H])([2H])C1([2H])[2H])C2=O.[2H]c1c([2H])c(N)c2c(c1[2H])C(=O)N([C@@]1([2H])CCC(=O)NC1=O)C2=O.[2H]c1c([2H])c(N)c2c(c1[2H])C(=O)N([C@]1([2H])CCC(=O)NC1=O)C2=O. The van der Waals surface area contributed by atoms with Crippen molar-refractivity contribution in [1.82, 2.24) is 61.3 Å². The number of imide groups is 12. The summed E-state index contributed by atoms with van der Waals surface area (Å²) in [7, 11) is 0. The number of rotatable bonds is 6. The van der Waals surface area contributed by atoms with Crippen LogP contribution in [0.15, 0.2) is 109 Å². The summed E-state index contributed by atoms with van der Waals surface area (Å²) in [6.07, 6.45) is -29.0. The van der Waals surface area contributed by atoms with Gasteiger partial charge < -0.3 is 34.4 Å². The van der Waals surface area contributed by atoms with Gasteiger partial charge in [-0.15, -0.1) is 0 Å². The first-order chi connectivity index (χ1) is 69.0. The number of fused-ring (bicyclic) bond motifs is 6. The van der Waals surface area contributed by atoms with Crippen molar-refractivity contribution in [1.29, 1.82) is 0 Å². The molecule has 0 radical (unpaired) electrons. The smallest absolute Gasteiger partial charge is 0.264 e. The lowest BCUT2D eigenvalue weighted by atomic mass is 10.0. The Labute approximate surface area is 716 Å². The molecule has 2 unspecified atom stereocenters. The molecule has 6 atom stereocenters. The summed E-state index contributed by atoms with van der Waals surface area (Å²) in [5.74, 6) is -31.2. The summed E-state index contributed by atoms with van der Waals surface area (Å²) in [6.45, 7) is 0. The molecular formula is C78H66N18O24. The maximum atomic E-state index is 12.8. The second kappa shape index (κ2) is 32.2. The number of benzene rings is 6. The second-order valence-corrected chi connectivity index (χ2v) is 24.8. The molecule has 0 saturated carbocycles. The summed E-state index contributed by atoms with van der Waals surface area (Å²) in [4.78, 5) is 294. The third-order valence-corrected chi connectivity index (χ3v) is 17.6. The maximum Gasteiger partial charge on any atom is 0.264 e. The van der Waals surface area contributed by atoms with Crippen LogP contribution in [-0.2, 0) is 57.5 Å². The number of hydrogen-bond donors (Lipinski definition) is 12. The number of hydrogen-bond acceptors (Lipinski definition) is 30. The number of carbonyl (C=O) groups excluding carboxylic acids is 24. The summed E-state index contributed by atoms with van der Waals surface area (Å²) < 4.78 is 243. The zero-order valence-corrected chi connectivity index (χ0v) is 59.5. The van der Waals surface area contributed by atoms with Gasteiger partial charge in [0.2, 0.25) is 70.9 Å². The number of nitrogen functional groups attached to an aromatic ring is 6. The highest BCUT2D eigenvalue weighted by Gasteiger charge is 2.52. The van der Waals surface area contributed by atoms with E-state index in [0.29, 0.717) is 9.80 Å². The lowest BCUT2D eigenvalue weighted by Gasteiger charge is -2.27. The molecule has 612 valence electrons. The fourth-order valence-electron chi connectivity index (χ4n) is 12.3. The molecule has 12 aliphatic rings. The number of piperidine rings is 6. The molecule has 0 aliphatic carbocycles. The van der Waals surface area contributed by atoms with Gasteiger partial charge in [-0.25, -0.2) is 0 Å². The van der Waals surface area contributed by atoms with Crippen LogP contribution in [0.3, 0.4) is 0 Å². The summed E-state index contributed by atoms with van der Waals surface area (Å²) in [5.41, 5.74) is 26.8. The minimum atomic E-state index is -3.68. The zero-order chi connectivity index (χ0) is 114. The predicted octanol–water partition coefficient (Wildman–Crippen LogP) is -1.98. The largest absolute Gasteiger partial charge is 0.398 e. The Balaban J connectivity index is 0.000000151. The van der Waals surface area contributed by atoms with Crippen LogP contribution in [0.5, 0.6) is 0 Å². The fourth-order valence-corrected chi connectivity index (χ4v) is 12.3. The summed E-state index contributed by atoms with van der Waals surface area (Å²) >= 11 is 0. The molecular weight excluding hydrogens is 1570 g/mol. The third-order valence-electron chi connectivity index (χ3n) is 17.6. The van der Waals surface area contributed by atoms with Gasteiger partial charge in [-0.2, -0.15) is 0 Å². The molecule has 18 rings (SSSR count). The third kappa shape index (κ3) is 14.6. The molecule has 6 aromatic carbocycles. The van der Waals surface area contributed by atoms with Gasteiger partial charge in [0.05, 0.1) is 87.3 Å². The molecule has 24 amide bonds. The molecule has 120 heavy (non-hydrogen) atoms. The normalized spacial score (nSPS) is 32.8. The molecule has 0 aromatic heterocycles. The molecule has 42 heteroatoms. The first-order valence-electron chi connectivity index (χ1n) is 48.8. The highest BCUT2D eigenvalue weighted by atomic mass is 16.2. The van der Waals surface area contributed by atoms with Crippen molar-refractivity contribution < 1.29 is 158 Å². The lowest BCUT2D eigenvalue weighted by Crippen LogP contribution is -2.54. The van der Waals surface area contributed by atoms with E-state index in [1.165, 1.54) is 75.9 Å². The Morgan fingerprint density at radius 2 is 0.458 bits per heavy atom. The van der Waals surface area contributed by atoms with Gasteiger partial charge >= 0.3 is 0 Å². The monoisotopic (exact) mass is 1670 g/mol.